The van der Waals surface area contributed by atoms with Crippen LogP contribution in [0.5, 0.6) is 0 Å². The van der Waals surface area contributed by atoms with E-state index in [9.17, 15) is 14.4 Å². The van der Waals surface area contributed by atoms with Crippen molar-refractivity contribution in [3.63, 3.8) is 0 Å². The van der Waals surface area contributed by atoms with Crippen molar-refractivity contribution in [2.75, 3.05) is 24.5 Å². The molecule has 3 heterocycles. The highest BCUT2D eigenvalue weighted by atomic mass is 16.3. The van der Waals surface area contributed by atoms with Gasteiger partial charge in [-0.2, -0.15) is 0 Å². The number of carbonyl (C=O) groups is 3. The van der Waals surface area contributed by atoms with E-state index in [2.05, 4.69) is 5.32 Å². The Kier molecular flexibility index (Phi) is 5.88. The van der Waals surface area contributed by atoms with E-state index in [0.717, 1.165) is 17.0 Å². The molecule has 1 aromatic heterocycles. The number of amides is 3. The normalized spacial score (nSPS) is 19.9. The molecule has 0 bridgehead atoms. The molecular formula is C23H27N3O4. The Morgan fingerprint density at radius 3 is 2.50 bits per heavy atom. The first-order chi connectivity index (χ1) is 14.5. The third-order valence-electron chi connectivity index (χ3n) is 6.01. The number of benzene rings is 1. The highest BCUT2D eigenvalue weighted by Crippen LogP contribution is 2.28. The Bertz CT molecular complexity index is 899. The molecular weight excluding hydrogens is 382 g/mol. The van der Waals surface area contributed by atoms with Crippen LogP contribution in [0.4, 0.5) is 5.69 Å². The zero-order chi connectivity index (χ0) is 21.1. The summed E-state index contributed by atoms with van der Waals surface area (Å²) in [6.45, 7) is 3.90. The van der Waals surface area contributed by atoms with Gasteiger partial charge in [-0.25, -0.2) is 0 Å². The highest BCUT2D eigenvalue weighted by molar-refractivity contribution is 6.00. The van der Waals surface area contributed by atoms with Crippen molar-refractivity contribution in [2.24, 2.45) is 11.8 Å². The highest BCUT2D eigenvalue weighted by Gasteiger charge is 2.38. The number of nitrogens with one attached hydrogen (secondary N) is 1. The van der Waals surface area contributed by atoms with Crippen molar-refractivity contribution in [2.45, 2.75) is 32.7 Å². The van der Waals surface area contributed by atoms with Gasteiger partial charge in [0, 0.05) is 37.7 Å². The number of carbonyl (C=O) groups excluding carboxylic acids is 3. The zero-order valence-corrected chi connectivity index (χ0v) is 17.2. The summed E-state index contributed by atoms with van der Waals surface area (Å²) in [7, 11) is 0. The van der Waals surface area contributed by atoms with E-state index in [0.29, 0.717) is 39.0 Å². The second-order valence-corrected chi connectivity index (χ2v) is 8.14. The Hall–Kier alpha value is -3.09. The molecule has 2 saturated heterocycles. The van der Waals surface area contributed by atoms with Gasteiger partial charge in [0.25, 0.3) is 0 Å². The lowest BCUT2D eigenvalue weighted by molar-refractivity contribution is -0.139. The van der Waals surface area contributed by atoms with Crippen molar-refractivity contribution < 1.29 is 18.8 Å². The second kappa shape index (κ2) is 8.73. The van der Waals surface area contributed by atoms with E-state index < -0.39 is 0 Å². The summed E-state index contributed by atoms with van der Waals surface area (Å²) in [5.41, 5.74) is 1.97. The standard InChI is InChI=1S/C23H27N3O4/c1-16-4-6-19(7-5-16)26-15-18(13-21(26)27)23(29)25-10-8-17(9-11-25)22(28)24-14-20-3-2-12-30-20/h2-7,12,17-18H,8-11,13-15H2,1H3,(H,24,28)/t18-/m1/s1. The van der Waals surface area contributed by atoms with Crippen LogP contribution in [-0.2, 0) is 20.9 Å². The molecule has 2 aromatic rings. The lowest BCUT2D eigenvalue weighted by Crippen LogP contribution is -2.45. The first kappa shape index (κ1) is 20.2. The average Bonchev–Trinajstić information content (AvgIpc) is 3.42. The monoisotopic (exact) mass is 409 g/mol. The van der Waals surface area contributed by atoms with Gasteiger partial charge in [-0.15, -0.1) is 0 Å². The van der Waals surface area contributed by atoms with Crippen LogP contribution in [-0.4, -0.2) is 42.3 Å². The van der Waals surface area contributed by atoms with Gasteiger partial charge in [-0.3, -0.25) is 14.4 Å². The minimum absolute atomic E-state index is 0.0000827. The maximum Gasteiger partial charge on any atom is 0.228 e. The fourth-order valence-corrected chi connectivity index (χ4v) is 4.20. The smallest absolute Gasteiger partial charge is 0.228 e. The van der Waals surface area contributed by atoms with Crippen LogP contribution in [0.3, 0.4) is 0 Å². The Labute approximate surface area is 176 Å². The van der Waals surface area contributed by atoms with Gasteiger partial charge in [0.1, 0.15) is 5.76 Å². The van der Waals surface area contributed by atoms with Crippen LogP contribution in [0, 0.1) is 18.8 Å². The van der Waals surface area contributed by atoms with Gasteiger partial charge in [-0.05, 0) is 44.0 Å². The predicted octanol–water partition coefficient (Wildman–Crippen LogP) is 2.50. The van der Waals surface area contributed by atoms with Gasteiger partial charge in [0.15, 0.2) is 0 Å². The summed E-state index contributed by atoms with van der Waals surface area (Å²) in [4.78, 5) is 41.3. The second-order valence-electron chi connectivity index (χ2n) is 8.14. The Morgan fingerprint density at radius 2 is 1.83 bits per heavy atom. The molecule has 2 aliphatic rings. The molecule has 0 spiro atoms. The molecule has 1 atom stereocenters. The van der Waals surface area contributed by atoms with Gasteiger partial charge >= 0.3 is 0 Å². The topological polar surface area (TPSA) is 82.9 Å². The van der Waals surface area contributed by atoms with Crippen molar-refractivity contribution >= 4 is 23.4 Å². The fourth-order valence-electron chi connectivity index (χ4n) is 4.20. The maximum atomic E-state index is 13.0. The van der Waals surface area contributed by atoms with Crippen LogP contribution in [0.2, 0.25) is 0 Å². The fraction of sp³-hybridized carbons (Fsp3) is 0.435. The van der Waals surface area contributed by atoms with E-state index in [1.807, 2.05) is 42.2 Å². The number of likely N-dealkylation sites (tertiary alicyclic amines) is 1. The molecule has 0 saturated carbocycles. The molecule has 0 unspecified atom stereocenters. The Morgan fingerprint density at radius 1 is 1.10 bits per heavy atom. The summed E-state index contributed by atoms with van der Waals surface area (Å²) in [5, 5.41) is 2.90. The van der Waals surface area contributed by atoms with Crippen LogP contribution in [0.25, 0.3) is 0 Å². The van der Waals surface area contributed by atoms with Gasteiger partial charge in [-0.1, -0.05) is 17.7 Å². The van der Waals surface area contributed by atoms with Crippen molar-refractivity contribution in [1.82, 2.24) is 10.2 Å². The van der Waals surface area contributed by atoms with E-state index in [1.54, 1.807) is 17.2 Å². The molecule has 0 radical (unpaired) electrons. The van der Waals surface area contributed by atoms with Gasteiger partial charge in [0.2, 0.25) is 17.7 Å². The van der Waals surface area contributed by atoms with Crippen molar-refractivity contribution in [3.05, 3.63) is 54.0 Å². The van der Waals surface area contributed by atoms with E-state index in [-0.39, 0.29) is 36.0 Å². The molecule has 30 heavy (non-hydrogen) atoms. The van der Waals surface area contributed by atoms with E-state index in [4.69, 9.17) is 4.42 Å². The predicted molar refractivity (Wildman–Crippen MR) is 111 cm³/mol. The largest absolute Gasteiger partial charge is 0.467 e. The van der Waals surface area contributed by atoms with Crippen molar-refractivity contribution in [3.8, 4) is 0 Å². The first-order valence-electron chi connectivity index (χ1n) is 10.5. The molecule has 3 amide bonds. The number of piperidine rings is 1. The summed E-state index contributed by atoms with van der Waals surface area (Å²) in [6, 6.07) is 11.4. The van der Waals surface area contributed by atoms with Crippen LogP contribution in [0.1, 0.15) is 30.6 Å². The molecule has 4 rings (SSSR count). The SMILES string of the molecule is Cc1ccc(N2C[C@H](C(=O)N3CCC(C(=O)NCc4ccco4)CC3)CC2=O)cc1. The zero-order valence-electron chi connectivity index (χ0n) is 17.2. The van der Waals surface area contributed by atoms with Gasteiger partial charge in [0.05, 0.1) is 18.7 Å². The maximum absolute atomic E-state index is 13.0. The number of nitrogens with zero attached hydrogens (tertiary/aromatic N) is 2. The summed E-state index contributed by atoms with van der Waals surface area (Å²) >= 11 is 0. The number of aryl methyl sites for hydroxylation is 1. The molecule has 1 N–H and O–H groups in total. The van der Waals surface area contributed by atoms with Gasteiger partial charge < -0.3 is 19.5 Å². The molecule has 158 valence electrons. The van der Waals surface area contributed by atoms with Crippen LogP contribution < -0.4 is 10.2 Å². The number of anilines is 1. The number of hydrogen-bond acceptors (Lipinski definition) is 4. The van der Waals surface area contributed by atoms with E-state index >= 15 is 0 Å². The molecule has 7 heteroatoms. The average molecular weight is 409 g/mol. The lowest BCUT2D eigenvalue weighted by atomic mass is 9.94. The molecule has 0 aliphatic carbocycles. The summed E-state index contributed by atoms with van der Waals surface area (Å²) < 4.78 is 5.23. The lowest BCUT2D eigenvalue weighted by Gasteiger charge is -2.32. The molecule has 2 fully saturated rings. The third kappa shape index (κ3) is 4.40. The third-order valence-corrected chi connectivity index (χ3v) is 6.01. The first-order valence-corrected chi connectivity index (χ1v) is 10.5. The summed E-state index contributed by atoms with van der Waals surface area (Å²) in [5.74, 6) is 0.318. The quantitative estimate of drug-likeness (QED) is 0.823. The summed E-state index contributed by atoms with van der Waals surface area (Å²) in [6.07, 6.45) is 3.10. The molecule has 7 nitrogen and oxygen atoms in total. The van der Waals surface area contributed by atoms with Crippen LogP contribution in [0.15, 0.2) is 47.1 Å². The number of rotatable bonds is 5. The Balaban J connectivity index is 1.27. The molecule has 1 aromatic carbocycles. The minimum atomic E-state index is -0.317. The molecule has 2 aliphatic heterocycles. The number of hydrogen-bond donors (Lipinski definition) is 1. The van der Waals surface area contributed by atoms with Crippen molar-refractivity contribution in [1.29, 1.82) is 0 Å². The van der Waals surface area contributed by atoms with E-state index in [1.165, 1.54) is 0 Å². The number of furan rings is 1. The minimum Gasteiger partial charge on any atom is -0.467 e. The van der Waals surface area contributed by atoms with Crippen LogP contribution >= 0.6 is 0 Å².